The number of hydrogen-bond donors (Lipinski definition) is 1. The quantitative estimate of drug-likeness (QED) is 0.731. The van der Waals surface area contributed by atoms with Crippen molar-refractivity contribution in [2.24, 2.45) is 5.92 Å². The average molecular weight is 291 g/mol. The topological polar surface area (TPSA) is 58.6 Å². The summed E-state index contributed by atoms with van der Waals surface area (Å²) in [5.41, 5.74) is 3.73. The summed E-state index contributed by atoms with van der Waals surface area (Å²) in [6, 6.07) is 13.3. The highest BCUT2D eigenvalue weighted by Gasteiger charge is 2.19. The predicted octanol–water partition coefficient (Wildman–Crippen LogP) is 3.53. The van der Waals surface area contributed by atoms with Crippen LogP contribution in [0.4, 0.5) is 0 Å². The first kappa shape index (κ1) is 14.2. The molecular weight excluding hydrogens is 274 g/mol. The second-order valence-electron chi connectivity index (χ2n) is 5.32. The molecule has 0 aliphatic rings. The van der Waals surface area contributed by atoms with Crippen molar-refractivity contribution < 1.29 is 4.79 Å². The molecule has 0 bridgehead atoms. The molecule has 3 rings (SSSR count). The van der Waals surface area contributed by atoms with Crippen LogP contribution >= 0.6 is 0 Å². The first-order valence-electron chi connectivity index (χ1n) is 7.28. The van der Waals surface area contributed by atoms with E-state index in [1.165, 1.54) is 0 Å². The molecule has 4 nitrogen and oxygen atoms in total. The van der Waals surface area contributed by atoms with Crippen LogP contribution in [0.25, 0.3) is 11.1 Å². The Labute approximate surface area is 129 Å². The highest BCUT2D eigenvalue weighted by Crippen LogP contribution is 2.24. The summed E-state index contributed by atoms with van der Waals surface area (Å²) < 4.78 is 0. The standard InChI is InChI=1S/C18H17N3O/c1-13(18(22)15-5-3-2-4-6-15)11-17-16(12-20-21-17)14-7-9-19-10-8-14/h2-10,12-13H,11H2,1H3,(H,20,21). The first-order chi connectivity index (χ1) is 10.8. The number of benzene rings is 1. The number of rotatable bonds is 5. The van der Waals surface area contributed by atoms with E-state index in [1.54, 1.807) is 12.4 Å². The Morgan fingerprint density at radius 3 is 2.59 bits per heavy atom. The molecule has 0 spiro atoms. The van der Waals surface area contributed by atoms with Gasteiger partial charge in [0.05, 0.1) is 5.69 Å². The van der Waals surface area contributed by atoms with Gasteiger partial charge in [-0.25, -0.2) is 0 Å². The summed E-state index contributed by atoms with van der Waals surface area (Å²) in [6.45, 7) is 1.94. The van der Waals surface area contributed by atoms with Gasteiger partial charge in [0, 0.05) is 42.1 Å². The smallest absolute Gasteiger partial charge is 0.166 e. The minimum absolute atomic E-state index is 0.119. The van der Waals surface area contributed by atoms with Crippen LogP contribution in [0.5, 0.6) is 0 Å². The Bertz CT molecular complexity index is 750. The first-order valence-corrected chi connectivity index (χ1v) is 7.28. The monoisotopic (exact) mass is 291 g/mol. The number of nitrogens with one attached hydrogen (secondary N) is 1. The van der Waals surface area contributed by atoms with E-state index in [0.29, 0.717) is 6.42 Å². The summed E-state index contributed by atoms with van der Waals surface area (Å²) in [7, 11) is 0. The van der Waals surface area contributed by atoms with Gasteiger partial charge in [-0.3, -0.25) is 14.9 Å². The third-order valence-corrected chi connectivity index (χ3v) is 3.72. The van der Waals surface area contributed by atoms with E-state index in [4.69, 9.17) is 0 Å². The lowest BCUT2D eigenvalue weighted by Crippen LogP contribution is -2.14. The third kappa shape index (κ3) is 2.96. The number of carbonyl (C=O) groups is 1. The summed E-state index contributed by atoms with van der Waals surface area (Å²) in [5.74, 6) is 0.0237. The molecule has 0 amide bonds. The second-order valence-corrected chi connectivity index (χ2v) is 5.32. The normalized spacial score (nSPS) is 12.0. The number of pyridine rings is 1. The molecule has 0 aliphatic heterocycles. The fourth-order valence-electron chi connectivity index (χ4n) is 2.52. The molecule has 22 heavy (non-hydrogen) atoms. The van der Waals surface area contributed by atoms with E-state index in [9.17, 15) is 4.79 Å². The number of nitrogens with zero attached hydrogens (tertiary/aromatic N) is 2. The summed E-state index contributed by atoms with van der Waals surface area (Å²) in [4.78, 5) is 16.5. The molecule has 110 valence electrons. The molecule has 0 aliphatic carbocycles. The van der Waals surface area contributed by atoms with Crippen molar-refractivity contribution in [1.29, 1.82) is 0 Å². The summed E-state index contributed by atoms with van der Waals surface area (Å²) in [6.07, 6.45) is 5.98. The van der Waals surface area contributed by atoms with Gasteiger partial charge >= 0.3 is 0 Å². The Hall–Kier alpha value is -2.75. The molecule has 0 saturated carbocycles. The van der Waals surface area contributed by atoms with Crippen LogP contribution in [-0.4, -0.2) is 21.0 Å². The molecule has 3 aromatic rings. The molecule has 2 aromatic heterocycles. The molecule has 0 fully saturated rings. The Balaban J connectivity index is 1.80. The molecule has 4 heteroatoms. The number of Topliss-reactive ketones (excluding diaryl/α,β-unsaturated/α-hetero) is 1. The largest absolute Gasteiger partial charge is 0.294 e. The van der Waals surface area contributed by atoms with Gasteiger partial charge in [0.1, 0.15) is 0 Å². The van der Waals surface area contributed by atoms with E-state index < -0.39 is 0 Å². The highest BCUT2D eigenvalue weighted by molar-refractivity contribution is 5.97. The highest BCUT2D eigenvalue weighted by atomic mass is 16.1. The Morgan fingerprint density at radius 2 is 1.86 bits per heavy atom. The zero-order chi connectivity index (χ0) is 15.4. The van der Waals surface area contributed by atoms with Crippen molar-refractivity contribution >= 4 is 5.78 Å². The fraction of sp³-hybridized carbons (Fsp3) is 0.167. The zero-order valence-electron chi connectivity index (χ0n) is 12.4. The van der Waals surface area contributed by atoms with E-state index in [1.807, 2.05) is 55.6 Å². The lowest BCUT2D eigenvalue weighted by atomic mass is 9.93. The lowest BCUT2D eigenvalue weighted by molar-refractivity contribution is 0.0929. The third-order valence-electron chi connectivity index (χ3n) is 3.72. The van der Waals surface area contributed by atoms with Gasteiger partial charge in [-0.1, -0.05) is 37.3 Å². The van der Waals surface area contributed by atoms with E-state index in [0.717, 1.165) is 22.4 Å². The lowest BCUT2D eigenvalue weighted by Gasteiger charge is -2.10. The average Bonchev–Trinajstić information content (AvgIpc) is 3.04. The van der Waals surface area contributed by atoms with Gasteiger partial charge in [0.25, 0.3) is 0 Å². The molecule has 1 aromatic carbocycles. The number of aromatic amines is 1. The molecule has 2 heterocycles. The predicted molar refractivity (Wildman–Crippen MR) is 85.5 cm³/mol. The minimum atomic E-state index is -0.119. The number of ketones is 1. The van der Waals surface area contributed by atoms with E-state index in [-0.39, 0.29) is 11.7 Å². The van der Waals surface area contributed by atoms with Crippen LogP contribution in [-0.2, 0) is 6.42 Å². The number of aromatic nitrogens is 3. The van der Waals surface area contributed by atoms with Crippen molar-refractivity contribution in [2.75, 3.05) is 0 Å². The minimum Gasteiger partial charge on any atom is -0.294 e. The van der Waals surface area contributed by atoms with Crippen molar-refractivity contribution in [3.8, 4) is 11.1 Å². The summed E-state index contributed by atoms with van der Waals surface area (Å²) in [5, 5.41) is 7.21. The van der Waals surface area contributed by atoms with Crippen molar-refractivity contribution in [1.82, 2.24) is 15.2 Å². The second kappa shape index (κ2) is 6.35. The van der Waals surface area contributed by atoms with Gasteiger partial charge in [-0.05, 0) is 17.7 Å². The van der Waals surface area contributed by atoms with Gasteiger partial charge in [0.2, 0.25) is 0 Å². The SMILES string of the molecule is CC(Cc1n[nH]cc1-c1ccncc1)C(=O)c1ccccc1. The molecule has 1 unspecified atom stereocenters. The van der Waals surface area contributed by atoms with E-state index >= 15 is 0 Å². The van der Waals surface area contributed by atoms with Crippen molar-refractivity contribution in [3.63, 3.8) is 0 Å². The van der Waals surface area contributed by atoms with Crippen LogP contribution in [0.1, 0.15) is 23.0 Å². The van der Waals surface area contributed by atoms with Gasteiger partial charge in [0.15, 0.2) is 5.78 Å². The molecule has 1 N–H and O–H groups in total. The Kier molecular flexibility index (Phi) is 4.10. The van der Waals surface area contributed by atoms with Gasteiger partial charge < -0.3 is 0 Å². The summed E-state index contributed by atoms with van der Waals surface area (Å²) >= 11 is 0. The number of hydrogen-bond acceptors (Lipinski definition) is 3. The van der Waals surface area contributed by atoms with Crippen LogP contribution in [0, 0.1) is 5.92 Å². The zero-order valence-corrected chi connectivity index (χ0v) is 12.4. The number of carbonyl (C=O) groups excluding carboxylic acids is 1. The Morgan fingerprint density at radius 1 is 1.14 bits per heavy atom. The fourth-order valence-corrected chi connectivity index (χ4v) is 2.52. The number of H-pyrrole nitrogens is 1. The van der Waals surface area contributed by atoms with Crippen molar-refractivity contribution in [3.05, 3.63) is 72.3 Å². The molecular formula is C18H17N3O. The molecule has 1 atom stereocenters. The maximum atomic E-state index is 12.5. The van der Waals surface area contributed by atoms with Gasteiger partial charge in [-0.15, -0.1) is 0 Å². The van der Waals surface area contributed by atoms with Crippen LogP contribution < -0.4 is 0 Å². The van der Waals surface area contributed by atoms with Gasteiger partial charge in [-0.2, -0.15) is 5.10 Å². The van der Waals surface area contributed by atoms with Crippen LogP contribution in [0.2, 0.25) is 0 Å². The molecule has 0 saturated heterocycles. The van der Waals surface area contributed by atoms with E-state index in [2.05, 4.69) is 15.2 Å². The van der Waals surface area contributed by atoms with Crippen molar-refractivity contribution in [2.45, 2.75) is 13.3 Å². The van der Waals surface area contributed by atoms with Crippen LogP contribution in [0.15, 0.2) is 61.1 Å². The maximum absolute atomic E-state index is 12.5. The maximum Gasteiger partial charge on any atom is 0.166 e. The van der Waals surface area contributed by atoms with Crippen LogP contribution in [0.3, 0.4) is 0 Å². The molecule has 0 radical (unpaired) electrons.